The molecule has 0 aliphatic carbocycles. The summed E-state index contributed by atoms with van der Waals surface area (Å²) in [5.74, 6) is 1.79. The van der Waals surface area contributed by atoms with Crippen molar-refractivity contribution in [2.75, 3.05) is 6.61 Å². The maximum Gasteiger partial charge on any atom is 0.0471 e. The highest BCUT2D eigenvalue weighted by atomic mass is 32.2. The molecule has 0 saturated heterocycles. The third-order valence-electron chi connectivity index (χ3n) is 5.96. The van der Waals surface area contributed by atoms with Crippen LogP contribution in [0.5, 0.6) is 0 Å². The Morgan fingerprint density at radius 3 is 1.77 bits per heavy atom. The molecular formula is C29H36OS. The lowest BCUT2D eigenvalue weighted by molar-refractivity contribution is 0.299. The average molecular weight is 433 g/mol. The van der Waals surface area contributed by atoms with Crippen LogP contribution in [-0.2, 0) is 12.2 Å². The Bertz CT molecular complexity index is 998. The molecule has 31 heavy (non-hydrogen) atoms. The highest BCUT2D eigenvalue weighted by Crippen LogP contribution is 2.41. The van der Waals surface area contributed by atoms with Gasteiger partial charge in [-0.15, -0.1) is 11.8 Å². The summed E-state index contributed by atoms with van der Waals surface area (Å²) in [6.07, 6.45) is 0.692. The molecule has 0 amide bonds. The Balaban J connectivity index is 2.22. The van der Waals surface area contributed by atoms with Crippen molar-refractivity contribution in [3.8, 4) is 11.1 Å². The third kappa shape index (κ3) is 5.61. The lowest BCUT2D eigenvalue weighted by Gasteiger charge is -2.26. The van der Waals surface area contributed by atoms with E-state index in [9.17, 15) is 5.11 Å². The monoisotopic (exact) mass is 432 g/mol. The first-order valence-corrected chi connectivity index (χ1v) is 12.4. The zero-order valence-electron chi connectivity index (χ0n) is 19.8. The van der Waals surface area contributed by atoms with Crippen LogP contribution in [0.3, 0.4) is 0 Å². The SMILES string of the molecule is Cc1ccc(SCc2c(C(C)C)cc(C(C)C)c(CCO)c2-c2ccc(C)cc2)cc1. The van der Waals surface area contributed by atoms with Gasteiger partial charge in [-0.05, 0) is 77.6 Å². The van der Waals surface area contributed by atoms with E-state index in [2.05, 4.69) is 96.1 Å². The summed E-state index contributed by atoms with van der Waals surface area (Å²) < 4.78 is 0. The fraction of sp³-hybridized carbons (Fsp3) is 0.379. The standard InChI is InChI=1S/C29H36OS/c1-19(2)26-17-27(20(3)4)28(18-31-24-13-9-22(6)10-14-24)29(25(26)15-16-30)23-11-7-21(5)8-12-23/h7-14,17,19-20,30H,15-16,18H2,1-6H3. The number of thioether (sulfide) groups is 1. The summed E-state index contributed by atoms with van der Waals surface area (Å²) in [4.78, 5) is 1.30. The van der Waals surface area contributed by atoms with Gasteiger partial charge < -0.3 is 5.11 Å². The lowest BCUT2D eigenvalue weighted by Crippen LogP contribution is -2.09. The topological polar surface area (TPSA) is 20.2 Å². The zero-order chi connectivity index (χ0) is 22.5. The molecule has 3 aromatic carbocycles. The average Bonchev–Trinajstić information content (AvgIpc) is 2.73. The first-order valence-electron chi connectivity index (χ1n) is 11.4. The van der Waals surface area contributed by atoms with Crippen LogP contribution in [0.2, 0.25) is 0 Å². The molecule has 1 nitrogen and oxygen atoms in total. The Morgan fingerprint density at radius 2 is 1.26 bits per heavy atom. The van der Waals surface area contributed by atoms with Gasteiger partial charge in [-0.2, -0.15) is 0 Å². The summed E-state index contributed by atoms with van der Waals surface area (Å²) in [6, 6.07) is 20.1. The molecule has 164 valence electrons. The van der Waals surface area contributed by atoms with E-state index in [1.807, 2.05) is 11.8 Å². The van der Waals surface area contributed by atoms with Gasteiger partial charge in [0.1, 0.15) is 0 Å². The molecule has 0 saturated carbocycles. The molecule has 0 atom stereocenters. The number of aliphatic hydroxyl groups excluding tert-OH is 1. The quantitative estimate of drug-likeness (QED) is 0.363. The van der Waals surface area contributed by atoms with Crippen LogP contribution in [0.15, 0.2) is 59.5 Å². The minimum Gasteiger partial charge on any atom is -0.396 e. The molecule has 3 rings (SSSR count). The summed E-state index contributed by atoms with van der Waals surface area (Å²) in [7, 11) is 0. The van der Waals surface area contributed by atoms with E-state index in [0.717, 1.165) is 5.75 Å². The van der Waals surface area contributed by atoms with Crippen LogP contribution in [0.1, 0.15) is 72.9 Å². The molecule has 0 aromatic heterocycles. The van der Waals surface area contributed by atoms with Crippen LogP contribution < -0.4 is 0 Å². The molecule has 0 radical (unpaired) electrons. The second kappa shape index (κ2) is 10.5. The Labute approximate surface area is 192 Å². The first kappa shape index (κ1) is 23.6. The van der Waals surface area contributed by atoms with Crippen molar-refractivity contribution in [3.05, 3.63) is 88.0 Å². The number of aliphatic hydroxyl groups is 1. The fourth-order valence-corrected chi connectivity index (χ4v) is 5.19. The third-order valence-corrected chi connectivity index (χ3v) is 7.00. The van der Waals surface area contributed by atoms with Gasteiger partial charge in [-0.3, -0.25) is 0 Å². The van der Waals surface area contributed by atoms with E-state index in [-0.39, 0.29) is 6.61 Å². The van der Waals surface area contributed by atoms with Crippen molar-refractivity contribution in [2.24, 2.45) is 0 Å². The second-order valence-electron chi connectivity index (χ2n) is 9.14. The van der Waals surface area contributed by atoms with E-state index in [4.69, 9.17) is 0 Å². The molecule has 0 fully saturated rings. The van der Waals surface area contributed by atoms with Crippen LogP contribution in [-0.4, -0.2) is 11.7 Å². The summed E-state index contributed by atoms with van der Waals surface area (Å²) in [5.41, 5.74) is 10.7. The molecule has 0 heterocycles. The van der Waals surface area contributed by atoms with E-state index in [1.165, 1.54) is 49.4 Å². The molecule has 0 spiro atoms. The van der Waals surface area contributed by atoms with Gasteiger partial charge in [0, 0.05) is 17.3 Å². The van der Waals surface area contributed by atoms with Crippen molar-refractivity contribution >= 4 is 11.8 Å². The van der Waals surface area contributed by atoms with E-state index >= 15 is 0 Å². The maximum absolute atomic E-state index is 9.94. The van der Waals surface area contributed by atoms with Crippen LogP contribution >= 0.6 is 11.8 Å². The normalized spacial score (nSPS) is 11.5. The highest BCUT2D eigenvalue weighted by molar-refractivity contribution is 7.98. The second-order valence-corrected chi connectivity index (χ2v) is 10.2. The fourth-order valence-electron chi connectivity index (χ4n) is 4.24. The Kier molecular flexibility index (Phi) is 8.02. The van der Waals surface area contributed by atoms with Gasteiger partial charge in [-0.25, -0.2) is 0 Å². The van der Waals surface area contributed by atoms with E-state index in [0.29, 0.717) is 18.3 Å². The zero-order valence-corrected chi connectivity index (χ0v) is 20.6. The van der Waals surface area contributed by atoms with Gasteiger partial charge in [-0.1, -0.05) is 81.3 Å². The molecule has 1 N–H and O–H groups in total. The predicted molar refractivity (Wildman–Crippen MR) is 136 cm³/mol. The smallest absolute Gasteiger partial charge is 0.0471 e. The predicted octanol–water partition coefficient (Wildman–Crippen LogP) is 8.04. The molecular weight excluding hydrogens is 396 g/mol. The van der Waals surface area contributed by atoms with Crippen molar-refractivity contribution in [3.63, 3.8) is 0 Å². The van der Waals surface area contributed by atoms with Gasteiger partial charge in [0.2, 0.25) is 0 Å². The van der Waals surface area contributed by atoms with Crippen molar-refractivity contribution in [1.29, 1.82) is 0 Å². The minimum absolute atomic E-state index is 0.171. The van der Waals surface area contributed by atoms with Gasteiger partial charge in [0.05, 0.1) is 0 Å². The number of hydrogen-bond donors (Lipinski definition) is 1. The van der Waals surface area contributed by atoms with Gasteiger partial charge >= 0.3 is 0 Å². The molecule has 0 aliphatic rings. The Morgan fingerprint density at radius 1 is 0.742 bits per heavy atom. The van der Waals surface area contributed by atoms with Crippen LogP contribution in [0.4, 0.5) is 0 Å². The largest absolute Gasteiger partial charge is 0.396 e. The number of aryl methyl sites for hydroxylation is 2. The first-order chi connectivity index (χ1) is 14.8. The van der Waals surface area contributed by atoms with Crippen molar-refractivity contribution in [2.45, 2.75) is 70.4 Å². The summed E-state index contributed by atoms with van der Waals surface area (Å²) in [6.45, 7) is 13.6. The van der Waals surface area contributed by atoms with Crippen LogP contribution in [0, 0.1) is 13.8 Å². The molecule has 0 unspecified atom stereocenters. The van der Waals surface area contributed by atoms with Gasteiger partial charge in [0.15, 0.2) is 0 Å². The number of benzene rings is 3. The van der Waals surface area contributed by atoms with E-state index < -0.39 is 0 Å². The van der Waals surface area contributed by atoms with Gasteiger partial charge in [0.25, 0.3) is 0 Å². The maximum atomic E-state index is 9.94. The minimum atomic E-state index is 0.171. The molecule has 0 aliphatic heterocycles. The van der Waals surface area contributed by atoms with Crippen molar-refractivity contribution in [1.82, 2.24) is 0 Å². The lowest BCUT2D eigenvalue weighted by atomic mass is 9.81. The molecule has 3 aromatic rings. The number of rotatable bonds is 8. The highest BCUT2D eigenvalue weighted by Gasteiger charge is 2.22. The van der Waals surface area contributed by atoms with Crippen molar-refractivity contribution < 1.29 is 5.11 Å². The Hall–Kier alpha value is -2.03. The summed E-state index contributed by atoms with van der Waals surface area (Å²) in [5, 5.41) is 9.94. The number of hydrogen-bond acceptors (Lipinski definition) is 2. The molecule has 0 bridgehead atoms. The van der Waals surface area contributed by atoms with Crippen LogP contribution in [0.25, 0.3) is 11.1 Å². The van der Waals surface area contributed by atoms with E-state index in [1.54, 1.807) is 0 Å². The molecule has 2 heteroatoms. The summed E-state index contributed by atoms with van der Waals surface area (Å²) >= 11 is 1.90.